The summed E-state index contributed by atoms with van der Waals surface area (Å²) in [5.74, 6) is 0.721. The predicted octanol–water partition coefficient (Wildman–Crippen LogP) is 3.22. The van der Waals surface area contributed by atoms with Gasteiger partial charge in [-0.2, -0.15) is 10.1 Å². The number of aryl methyl sites for hydroxylation is 1. The van der Waals surface area contributed by atoms with E-state index in [-0.39, 0.29) is 12.1 Å². The maximum absolute atomic E-state index is 13.0. The summed E-state index contributed by atoms with van der Waals surface area (Å²) in [6.45, 7) is 2.28. The molecule has 0 saturated heterocycles. The van der Waals surface area contributed by atoms with Gasteiger partial charge in [0.2, 0.25) is 11.7 Å². The van der Waals surface area contributed by atoms with Crippen molar-refractivity contribution in [1.29, 1.82) is 0 Å². The summed E-state index contributed by atoms with van der Waals surface area (Å²) in [7, 11) is 0. The number of rotatable bonds is 5. The third kappa shape index (κ3) is 3.28. The van der Waals surface area contributed by atoms with Crippen LogP contribution in [-0.4, -0.2) is 29.3 Å². The van der Waals surface area contributed by atoms with E-state index in [4.69, 9.17) is 4.52 Å². The van der Waals surface area contributed by atoms with Gasteiger partial charge in [0.05, 0.1) is 5.69 Å². The Morgan fingerprint density at radius 3 is 2.67 bits per heavy atom. The first kappa shape index (κ1) is 18.0. The summed E-state index contributed by atoms with van der Waals surface area (Å²) in [5, 5.41) is 8.49. The average Bonchev–Trinajstić information content (AvgIpc) is 3.44. The van der Waals surface area contributed by atoms with Gasteiger partial charge in [-0.1, -0.05) is 42.4 Å². The number of fused-ring (bicyclic) bond motifs is 1. The molecule has 148 valence electrons. The van der Waals surface area contributed by atoms with Crippen molar-refractivity contribution in [3.63, 3.8) is 0 Å². The summed E-state index contributed by atoms with van der Waals surface area (Å²) in [6, 6.07) is 15.5. The Morgan fingerprint density at radius 2 is 1.90 bits per heavy atom. The molecule has 0 N–H and O–H groups in total. The van der Waals surface area contributed by atoms with Crippen molar-refractivity contribution in [2.75, 3.05) is 0 Å². The largest absolute Gasteiger partial charge is 0.337 e. The fourth-order valence-corrected chi connectivity index (χ4v) is 3.27. The Balaban J connectivity index is 1.45. The fourth-order valence-electron chi connectivity index (χ4n) is 3.27. The molecule has 0 unspecified atom stereocenters. The topological polar surface area (TPSA) is 91.1 Å². The van der Waals surface area contributed by atoms with E-state index in [9.17, 15) is 4.79 Å². The third-order valence-corrected chi connectivity index (χ3v) is 4.93. The highest BCUT2D eigenvalue weighted by Gasteiger charge is 2.13. The highest BCUT2D eigenvalue weighted by Crippen LogP contribution is 2.19. The van der Waals surface area contributed by atoms with Gasteiger partial charge >= 0.3 is 0 Å². The van der Waals surface area contributed by atoms with Crippen LogP contribution in [0.15, 0.2) is 76.4 Å². The van der Waals surface area contributed by atoms with Gasteiger partial charge in [0.15, 0.2) is 0 Å². The van der Waals surface area contributed by atoms with E-state index < -0.39 is 0 Å². The van der Waals surface area contributed by atoms with Gasteiger partial charge in [-0.05, 0) is 30.2 Å². The van der Waals surface area contributed by atoms with Gasteiger partial charge < -0.3 is 9.09 Å². The van der Waals surface area contributed by atoms with E-state index in [0.29, 0.717) is 22.9 Å². The fraction of sp³-hybridized carbons (Fsp3) is 0.136. The molecule has 0 saturated carbocycles. The minimum absolute atomic E-state index is 0.168. The molecule has 0 atom stereocenters. The highest BCUT2D eigenvalue weighted by atomic mass is 16.5. The number of hydrogen-bond donors (Lipinski definition) is 0. The Kier molecular flexibility index (Phi) is 4.44. The van der Waals surface area contributed by atoms with Crippen molar-refractivity contribution in [3.8, 4) is 22.8 Å². The quantitative estimate of drug-likeness (QED) is 0.451. The van der Waals surface area contributed by atoms with Crippen molar-refractivity contribution in [1.82, 2.24) is 29.3 Å². The van der Waals surface area contributed by atoms with Crippen molar-refractivity contribution in [2.24, 2.45) is 0 Å². The van der Waals surface area contributed by atoms with Crippen molar-refractivity contribution >= 4 is 5.52 Å². The highest BCUT2D eigenvalue weighted by molar-refractivity contribution is 5.65. The van der Waals surface area contributed by atoms with Gasteiger partial charge in [-0.3, -0.25) is 9.78 Å². The van der Waals surface area contributed by atoms with E-state index in [2.05, 4.69) is 39.3 Å². The van der Waals surface area contributed by atoms with E-state index in [1.807, 2.05) is 24.3 Å². The van der Waals surface area contributed by atoms with Crippen molar-refractivity contribution < 1.29 is 4.52 Å². The van der Waals surface area contributed by atoms with Gasteiger partial charge in [-0.15, -0.1) is 0 Å². The van der Waals surface area contributed by atoms with Gasteiger partial charge in [0, 0.05) is 24.2 Å². The molecule has 0 fully saturated rings. The summed E-state index contributed by atoms with van der Waals surface area (Å²) in [4.78, 5) is 21.5. The van der Waals surface area contributed by atoms with Crippen LogP contribution in [0.3, 0.4) is 0 Å². The second-order valence-corrected chi connectivity index (χ2v) is 6.87. The van der Waals surface area contributed by atoms with Crippen LogP contribution >= 0.6 is 0 Å². The second kappa shape index (κ2) is 7.40. The monoisotopic (exact) mass is 398 g/mol. The number of hydrogen-bond acceptors (Lipinski definition) is 6. The third-order valence-electron chi connectivity index (χ3n) is 4.93. The van der Waals surface area contributed by atoms with Crippen LogP contribution in [0.25, 0.3) is 28.3 Å². The Hall–Kier alpha value is -4.07. The molecule has 0 bridgehead atoms. The van der Waals surface area contributed by atoms with Gasteiger partial charge in [-0.25, -0.2) is 4.52 Å². The van der Waals surface area contributed by atoms with Crippen LogP contribution in [0.4, 0.5) is 0 Å². The SMILES string of the molecule is CCc1ccc(-c2cc3c(=O)n(Cc4nc(-c5ccccn5)no4)ccn3n2)cc1. The Morgan fingerprint density at radius 1 is 1.03 bits per heavy atom. The second-order valence-electron chi connectivity index (χ2n) is 6.87. The molecular formula is C22H18N6O2. The summed E-state index contributed by atoms with van der Waals surface area (Å²) < 4.78 is 8.42. The molecule has 0 aliphatic heterocycles. The normalized spacial score (nSPS) is 11.2. The van der Waals surface area contributed by atoms with Crippen molar-refractivity contribution in [2.45, 2.75) is 19.9 Å². The number of pyridine rings is 1. The van der Waals surface area contributed by atoms with Crippen LogP contribution in [0, 0.1) is 0 Å². The van der Waals surface area contributed by atoms with Gasteiger partial charge in [0.1, 0.15) is 17.8 Å². The van der Waals surface area contributed by atoms with E-state index in [0.717, 1.165) is 17.7 Å². The maximum Gasteiger partial charge on any atom is 0.277 e. The molecule has 8 nitrogen and oxygen atoms in total. The molecule has 0 aliphatic carbocycles. The molecule has 1 aromatic carbocycles. The molecule has 0 spiro atoms. The number of benzene rings is 1. The van der Waals surface area contributed by atoms with Crippen LogP contribution < -0.4 is 5.56 Å². The lowest BCUT2D eigenvalue weighted by Crippen LogP contribution is -2.21. The van der Waals surface area contributed by atoms with Crippen molar-refractivity contribution in [3.05, 3.63) is 88.9 Å². The molecule has 0 radical (unpaired) electrons. The molecular weight excluding hydrogens is 380 g/mol. The van der Waals surface area contributed by atoms with Crippen LogP contribution in [0.5, 0.6) is 0 Å². The van der Waals surface area contributed by atoms with Crippen LogP contribution in [-0.2, 0) is 13.0 Å². The minimum Gasteiger partial charge on any atom is -0.337 e. The molecule has 8 heteroatoms. The Labute approximate surface area is 171 Å². The van der Waals surface area contributed by atoms with Gasteiger partial charge in [0.25, 0.3) is 5.56 Å². The number of nitrogens with zero attached hydrogens (tertiary/aromatic N) is 6. The van der Waals surface area contributed by atoms with Crippen LogP contribution in [0.1, 0.15) is 18.4 Å². The molecule has 4 heterocycles. The number of aromatic nitrogens is 6. The zero-order chi connectivity index (χ0) is 20.5. The summed E-state index contributed by atoms with van der Waals surface area (Å²) >= 11 is 0. The van der Waals surface area contributed by atoms with Crippen LogP contribution in [0.2, 0.25) is 0 Å². The zero-order valence-corrected chi connectivity index (χ0v) is 16.3. The smallest absolute Gasteiger partial charge is 0.277 e. The molecule has 0 amide bonds. The Bertz CT molecular complexity index is 1370. The summed E-state index contributed by atoms with van der Waals surface area (Å²) in [6.07, 6.45) is 6.05. The standard InChI is InChI=1S/C22H18N6O2/c1-2-15-6-8-16(9-7-15)18-13-19-22(29)27(11-12-28(19)25-18)14-20-24-21(26-30-20)17-5-3-4-10-23-17/h3-13H,2,14H2,1H3. The molecule has 30 heavy (non-hydrogen) atoms. The average molecular weight is 398 g/mol. The molecule has 5 rings (SSSR count). The maximum atomic E-state index is 13.0. The molecule has 5 aromatic rings. The lowest BCUT2D eigenvalue weighted by Gasteiger charge is -2.01. The molecule has 0 aliphatic rings. The molecule has 4 aromatic heterocycles. The lowest BCUT2D eigenvalue weighted by molar-refractivity contribution is 0.370. The van der Waals surface area contributed by atoms with E-state index in [1.165, 1.54) is 10.1 Å². The van der Waals surface area contributed by atoms with E-state index >= 15 is 0 Å². The first-order valence-corrected chi connectivity index (χ1v) is 9.63. The minimum atomic E-state index is -0.181. The van der Waals surface area contributed by atoms with E-state index in [1.54, 1.807) is 35.2 Å². The zero-order valence-electron chi connectivity index (χ0n) is 16.3. The first-order valence-electron chi connectivity index (χ1n) is 9.63. The lowest BCUT2D eigenvalue weighted by atomic mass is 10.1. The first-order chi connectivity index (χ1) is 14.7. The predicted molar refractivity (Wildman–Crippen MR) is 111 cm³/mol. The summed E-state index contributed by atoms with van der Waals surface area (Å²) in [5.41, 5.74) is 3.90.